The summed E-state index contributed by atoms with van der Waals surface area (Å²) < 4.78 is 21.6. The molecule has 50 heavy (non-hydrogen) atoms. The minimum Gasteiger partial charge on any atom is -0.481 e. The first-order valence-corrected chi connectivity index (χ1v) is 16.7. The summed E-state index contributed by atoms with van der Waals surface area (Å²) in [6.45, 7) is 12.3. The maximum atomic E-state index is 12.5. The fraction of sp³-hybridized carbons (Fsp3) is 0.300. The standard InChI is InChI=1S/2C20H22N2O3/c1-5-25-20(23)19-14(3)22(17-9-7-6-8-16(17)19)13(2)15-10-11-21-18(12-15)24-4;1-5-25-20(24)19-14(3)22(17-9-7-6-8-16(17)19)13(2)15-10-11-21(4)18(23)12-15/h2*6-13H,5H2,1-4H3. The van der Waals surface area contributed by atoms with Gasteiger partial charge in [0.2, 0.25) is 5.88 Å². The van der Waals surface area contributed by atoms with Gasteiger partial charge in [-0.2, -0.15) is 0 Å². The van der Waals surface area contributed by atoms with Crippen LogP contribution in [0.2, 0.25) is 0 Å². The molecule has 2 atom stereocenters. The minimum atomic E-state index is -0.314. The molecule has 2 aromatic carbocycles. The van der Waals surface area contributed by atoms with Gasteiger partial charge in [0.15, 0.2) is 0 Å². The van der Waals surface area contributed by atoms with Crippen molar-refractivity contribution in [3.63, 3.8) is 0 Å². The zero-order chi connectivity index (χ0) is 36.1. The minimum absolute atomic E-state index is 0.0185. The van der Waals surface area contributed by atoms with Gasteiger partial charge in [-0.25, -0.2) is 14.6 Å². The molecule has 2 unspecified atom stereocenters. The van der Waals surface area contributed by atoms with Gasteiger partial charge in [0.1, 0.15) is 0 Å². The Hall–Kier alpha value is -5.64. The van der Waals surface area contributed by atoms with Gasteiger partial charge >= 0.3 is 11.9 Å². The summed E-state index contributed by atoms with van der Waals surface area (Å²) in [4.78, 5) is 41.1. The van der Waals surface area contributed by atoms with Gasteiger partial charge in [-0.15, -0.1) is 0 Å². The summed E-state index contributed by atoms with van der Waals surface area (Å²) in [7, 11) is 3.33. The zero-order valence-corrected chi connectivity index (χ0v) is 29.9. The number of para-hydroxylation sites is 2. The van der Waals surface area contributed by atoms with Gasteiger partial charge in [-0.3, -0.25) is 4.79 Å². The maximum Gasteiger partial charge on any atom is 0.340 e. The highest BCUT2D eigenvalue weighted by Crippen LogP contribution is 2.34. The number of hydrogen-bond acceptors (Lipinski definition) is 7. The first kappa shape index (κ1) is 35.7. The van der Waals surface area contributed by atoms with Crippen LogP contribution < -0.4 is 10.3 Å². The molecule has 6 aromatic rings. The Labute approximate surface area is 291 Å². The van der Waals surface area contributed by atoms with Gasteiger partial charge < -0.3 is 27.9 Å². The summed E-state index contributed by atoms with van der Waals surface area (Å²) in [6.07, 6.45) is 3.50. The number of carbonyl (C=O) groups excluding carboxylic acids is 2. The number of aromatic nitrogens is 4. The van der Waals surface area contributed by atoms with Crippen molar-refractivity contribution in [3.8, 4) is 5.88 Å². The molecule has 10 nitrogen and oxygen atoms in total. The molecule has 0 aliphatic heterocycles. The Bertz CT molecular complexity index is 2230. The normalized spacial score (nSPS) is 12.2. The van der Waals surface area contributed by atoms with E-state index in [4.69, 9.17) is 14.2 Å². The third-order valence-electron chi connectivity index (χ3n) is 9.11. The molecule has 4 aromatic heterocycles. The van der Waals surface area contributed by atoms with Crippen LogP contribution in [0.15, 0.2) is 90.0 Å². The second kappa shape index (κ2) is 15.3. The van der Waals surface area contributed by atoms with E-state index in [1.807, 2.05) is 94.4 Å². The van der Waals surface area contributed by atoms with Crippen LogP contribution in [0.25, 0.3) is 21.8 Å². The molecule has 10 heteroatoms. The molecule has 0 saturated carbocycles. The van der Waals surface area contributed by atoms with E-state index in [1.54, 1.807) is 44.1 Å². The van der Waals surface area contributed by atoms with Crippen molar-refractivity contribution < 1.29 is 23.8 Å². The van der Waals surface area contributed by atoms with Gasteiger partial charge in [0.05, 0.1) is 43.5 Å². The quantitative estimate of drug-likeness (QED) is 0.145. The monoisotopic (exact) mass is 676 g/mol. The number of pyridine rings is 2. The Morgan fingerprint density at radius 1 is 0.740 bits per heavy atom. The van der Waals surface area contributed by atoms with Crippen molar-refractivity contribution in [1.29, 1.82) is 0 Å². The average Bonchev–Trinajstić information content (AvgIpc) is 3.59. The Morgan fingerprint density at radius 3 is 1.68 bits per heavy atom. The molecule has 0 N–H and O–H groups in total. The van der Waals surface area contributed by atoms with Gasteiger partial charge in [-0.05, 0) is 76.9 Å². The maximum absolute atomic E-state index is 12.5. The molecular formula is C40H44N4O6. The third kappa shape index (κ3) is 6.78. The number of hydrogen-bond donors (Lipinski definition) is 0. The van der Waals surface area contributed by atoms with Crippen LogP contribution in [0.5, 0.6) is 5.88 Å². The highest BCUT2D eigenvalue weighted by molar-refractivity contribution is 6.06. The van der Waals surface area contributed by atoms with E-state index < -0.39 is 0 Å². The van der Waals surface area contributed by atoms with Crippen LogP contribution in [-0.4, -0.2) is 50.9 Å². The second-order valence-corrected chi connectivity index (χ2v) is 12.0. The van der Waals surface area contributed by atoms with Crippen molar-refractivity contribution in [3.05, 3.63) is 129 Å². The lowest BCUT2D eigenvalue weighted by atomic mass is 10.1. The van der Waals surface area contributed by atoms with E-state index in [-0.39, 0.29) is 29.6 Å². The smallest absolute Gasteiger partial charge is 0.340 e. The first-order valence-electron chi connectivity index (χ1n) is 16.7. The first-order chi connectivity index (χ1) is 24.0. The summed E-state index contributed by atoms with van der Waals surface area (Å²) >= 11 is 0. The average molecular weight is 677 g/mol. The van der Waals surface area contributed by atoms with Crippen molar-refractivity contribution >= 4 is 33.7 Å². The molecule has 0 spiro atoms. The van der Waals surface area contributed by atoms with Crippen LogP contribution in [0.1, 0.15) is 83.0 Å². The van der Waals surface area contributed by atoms with Gasteiger partial charge in [0, 0.05) is 64.8 Å². The Balaban J connectivity index is 0.000000194. The lowest BCUT2D eigenvalue weighted by Gasteiger charge is -2.18. The number of carbonyl (C=O) groups is 2. The zero-order valence-electron chi connectivity index (χ0n) is 29.9. The highest BCUT2D eigenvalue weighted by atomic mass is 16.5. The number of benzene rings is 2. The summed E-state index contributed by atoms with van der Waals surface area (Å²) in [5.74, 6) is -0.0235. The molecule has 0 bridgehead atoms. The molecule has 0 fully saturated rings. The number of aryl methyl sites for hydroxylation is 1. The van der Waals surface area contributed by atoms with Crippen LogP contribution in [-0.2, 0) is 16.5 Å². The van der Waals surface area contributed by atoms with E-state index in [0.29, 0.717) is 30.2 Å². The summed E-state index contributed by atoms with van der Waals surface area (Å²) in [5, 5.41) is 1.78. The predicted molar refractivity (Wildman–Crippen MR) is 195 cm³/mol. The molecule has 4 heterocycles. The predicted octanol–water partition coefficient (Wildman–Crippen LogP) is 7.57. The van der Waals surface area contributed by atoms with Crippen molar-refractivity contribution in [2.24, 2.45) is 7.05 Å². The third-order valence-corrected chi connectivity index (χ3v) is 9.11. The fourth-order valence-corrected chi connectivity index (χ4v) is 6.62. The highest BCUT2D eigenvalue weighted by Gasteiger charge is 2.25. The Morgan fingerprint density at radius 2 is 1.22 bits per heavy atom. The molecule has 0 aliphatic carbocycles. The lowest BCUT2D eigenvalue weighted by molar-refractivity contribution is 0.0517. The number of methoxy groups -OCH3 is 1. The molecule has 0 saturated heterocycles. The molecule has 0 amide bonds. The molecular weight excluding hydrogens is 632 g/mol. The number of rotatable bonds is 9. The van der Waals surface area contributed by atoms with E-state index in [0.717, 1.165) is 44.3 Å². The molecule has 0 aliphatic rings. The second-order valence-electron chi connectivity index (χ2n) is 12.0. The largest absolute Gasteiger partial charge is 0.481 e. The molecule has 0 radical (unpaired) electrons. The van der Waals surface area contributed by atoms with E-state index in [9.17, 15) is 14.4 Å². The van der Waals surface area contributed by atoms with Crippen molar-refractivity contribution in [1.82, 2.24) is 18.7 Å². The summed E-state index contributed by atoms with van der Waals surface area (Å²) in [5.41, 5.74) is 6.83. The number of ether oxygens (including phenoxy) is 3. The number of esters is 2. The topological polar surface area (TPSA) is 107 Å². The number of fused-ring (bicyclic) bond motifs is 2. The van der Waals surface area contributed by atoms with Crippen LogP contribution in [0.4, 0.5) is 0 Å². The van der Waals surface area contributed by atoms with Crippen LogP contribution in [0, 0.1) is 13.8 Å². The van der Waals surface area contributed by atoms with E-state index >= 15 is 0 Å². The van der Waals surface area contributed by atoms with Crippen LogP contribution in [0.3, 0.4) is 0 Å². The van der Waals surface area contributed by atoms with Crippen LogP contribution >= 0.6 is 0 Å². The molecule has 6 rings (SSSR count). The fourth-order valence-electron chi connectivity index (χ4n) is 6.62. The van der Waals surface area contributed by atoms with Gasteiger partial charge in [0.25, 0.3) is 5.56 Å². The Kier molecular flexibility index (Phi) is 10.9. The molecule has 260 valence electrons. The van der Waals surface area contributed by atoms with E-state index in [2.05, 4.69) is 21.0 Å². The van der Waals surface area contributed by atoms with Gasteiger partial charge in [-0.1, -0.05) is 36.4 Å². The summed E-state index contributed by atoms with van der Waals surface area (Å²) in [6, 6.07) is 23.1. The number of nitrogens with zero attached hydrogens (tertiary/aromatic N) is 4. The van der Waals surface area contributed by atoms with Crippen molar-refractivity contribution in [2.45, 2.75) is 53.6 Å². The van der Waals surface area contributed by atoms with Crippen molar-refractivity contribution in [2.75, 3.05) is 20.3 Å². The lowest BCUT2D eigenvalue weighted by Crippen LogP contribution is -2.18. The SMILES string of the molecule is CCOC(=O)c1c(C)n(C(C)c2ccn(C)c(=O)c2)c2ccccc12.CCOC(=O)c1c(C)n(C(C)c2ccnc(OC)c2)c2ccccc12. The van der Waals surface area contributed by atoms with E-state index in [1.165, 1.54) is 0 Å².